The molecule has 4 rings (SSSR count). The predicted octanol–water partition coefficient (Wildman–Crippen LogP) is 2.32. The van der Waals surface area contributed by atoms with Gasteiger partial charge in [0, 0.05) is 43.7 Å². The smallest absolute Gasteiger partial charge is 0.352 e. The first-order valence-corrected chi connectivity index (χ1v) is 9.09. The summed E-state index contributed by atoms with van der Waals surface area (Å²) in [6.07, 6.45) is 1.75. The third-order valence-electron chi connectivity index (χ3n) is 5.41. The molecule has 1 saturated carbocycles. The van der Waals surface area contributed by atoms with Crippen LogP contribution in [0, 0.1) is 5.82 Å². The number of nitrogens with zero attached hydrogens (tertiary/aromatic N) is 3. The predicted molar refractivity (Wildman–Crippen MR) is 97.7 cm³/mol. The Bertz CT molecular complexity index is 928. The maximum absolute atomic E-state index is 14.8. The molecule has 1 aromatic heterocycles. The van der Waals surface area contributed by atoms with Crippen molar-refractivity contribution in [1.82, 2.24) is 9.47 Å². The van der Waals surface area contributed by atoms with Crippen LogP contribution < -0.4 is 10.3 Å². The van der Waals surface area contributed by atoms with Gasteiger partial charge in [-0.15, -0.1) is 0 Å². The number of carbonyl (C=O) groups is 1. The number of hydrogen-bond donors (Lipinski definition) is 1. The minimum Gasteiger partial charge on any atom is -0.477 e. The van der Waals surface area contributed by atoms with Gasteiger partial charge in [0.15, 0.2) is 5.43 Å². The Balaban J connectivity index is 1.86. The summed E-state index contributed by atoms with van der Waals surface area (Å²) in [5.74, 6) is -1.55. The maximum Gasteiger partial charge on any atom is 0.352 e. The number of hydrogen-bond acceptors (Lipinski definition) is 4. The number of carboxylic acids is 1. The van der Waals surface area contributed by atoms with Gasteiger partial charge in [0.25, 0.3) is 0 Å². The molecule has 0 spiro atoms. The number of carboxylic acid groups (broad SMARTS) is 1. The molecule has 0 bridgehead atoms. The van der Waals surface area contributed by atoms with E-state index in [0.717, 1.165) is 38.5 Å². The molecular weight excluding hydrogens is 337 g/mol. The van der Waals surface area contributed by atoms with Gasteiger partial charge in [0.05, 0.1) is 11.2 Å². The summed E-state index contributed by atoms with van der Waals surface area (Å²) in [6.45, 7) is 6.22. The highest BCUT2D eigenvalue weighted by Crippen LogP contribution is 2.39. The summed E-state index contributed by atoms with van der Waals surface area (Å²) in [5, 5.41) is 9.75. The summed E-state index contributed by atoms with van der Waals surface area (Å²) in [7, 11) is 0. The summed E-state index contributed by atoms with van der Waals surface area (Å²) >= 11 is 0. The van der Waals surface area contributed by atoms with Crippen molar-refractivity contribution in [2.75, 3.05) is 37.6 Å². The molecule has 2 heterocycles. The number of benzene rings is 1. The zero-order valence-corrected chi connectivity index (χ0v) is 14.7. The number of piperazine rings is 1. The van der Waals surface area contributed by atoms with Crippen molar-refractivity contribution >= 4 is 22.6 Å². The first-order valence-electron chi connectivity index (χ1n) is 9.09. The van der Waals surface area contributed by atoms with Gasteiger partial charge in [-0.2, -0.15) is 0 Å². The van der Waals surface area contributed by atoms with E-state index >= 15 is 0 Å². The van der Waals surface area contributed by atoms with Crippen LogP contribution in [0.2, 0.25) is 0 Å². The van der Waals surface area contributed by atoms with E-state index in [-0.39, 0.29) is 17.1 Å². The second-order valence-corrected chi connectivity index (χ2v) is 7.04. The quantitative estimate of drug-likeness (QED) is 0.908. The minimum atomic E-state index is -1.13. The number of fused-ring (bicyclic) bond motifs is 1. The van der Waals surface area contributed by atoms with Crippen molar-refractivity contribution in [2.24, 2.45) is 0 Å². The Morgan fingerprint density at radius 1 is 1.19 bits per heavy atom. The number of aromatic nitrogens is 1. The summed E-state index contributed by atoms with van der Waals surface area (Å²) in [5.41, 5.74) is 0.505. The van der Waals surface area contributed by atoms with Gasteiger partial charge < -0.3 is 19.5 Å². The van der Waals surface area contributed by atoms with E-state index in [1.54, 1.807) is 10.6 Å². The van der Waals surface area contributed by atoms with Crippen molar-refractivity contribution in [2.45, 2.75) is 25.8 Å². The fraction of sp³-hybridized carbons (Fsp3) is 0.474. The molecule has 0 radical (unpaired) electrons. The normalized spacial score (nSPS) is 18.5. The molecule has 6 nitrogen and oxygen atoms in total. The lowest BCUT2D eigenvalue weighted by molar-refractivity contribution is 0.0684. The van der Waals surface area contributed by atoms with E-state index in [4.69, 9.17) is 0 Å². The van der Waals surface area contributed by atoms with Crippen molar-refractivity contribution in [1.29, 1.82) is 0 Å². The fourth-order valence-corrected chi connectivity index (χ4v) is 3.79. The van der Waals surface area contributed by atoms with Gasteiger partial charge in [-0.1, -0.05) is 6.92 Å². The van der Waals surface area contributed by atoms with E-state index in [1.807, 2.05) is 4.90 Å². The zero-order valence-electron chi connectivity index (χ0n) is 14.7. The highest BCUT2D eigenvalue weighted by atomic mass is 19.1. The van der Waals surface area contributed by atoms with Crippen molar-refractivity contribution in [3.63, 3.8) is 0 Å². The molecule has 2 fully saturated rings. The van der Waals surface area contributed by atoms with E-state index in [2.05, 4.69) is 11.8 Å². The lowest BCUT2D eigenvalue weighted by atomic mass is 10.1. The first kappa shape index (κ1) is 17.0. The lowest BCUT2D eigenvalue weighted by Gasteiger charge is -2.35. The van der Waals surface area contributed by atoms with Crippen LogP contribution >= 0.6 is 0 Å². The Kier molecular flexibility index (Phi) is 4.19. The van der Waals surface area contributed by atoms with Gasteiger partial charge in [-0.25, -0.2) is 9.18 Å². The number of halogens is 1. The molecule has 0 amide bonds. The van der Waals surface area contributed by atoms with Crippen LogP contribution in [-0.2, 0) is 0 Å². The lowest BCUT2D eigenvalue weighted by Crippen LogP contribution is -2.46. The molecule has 1 aliphatic carbocycles. The Labute approximate surface area is 150 Å². The van der Waals surface area contributed by atoms with Crippen LogP contribution in [0.5, 0.6) is 0 Å². The van der Waals surface area contributed by atoms with Gasteiger partial charge >= 0.3 is 5.97 Å². The van der Waals surface area contributed by atoms with Crippen molar-refractivity contribution in [3.05, 3.63) is 39.9 Å². The number of likely N-dealkylation sites (N-methyl/N-ethyl adjacent to an activating group) is 1. The van der Waals surface area contributed by atoms with Crippen LogP contribution in [0.15, 0.2) is 23.0 Å². The molecule has 138 valence electrons. The number of anilines is 1. The summed E-state index contributed by atoms with van der Waals surface area (Å²) in [4.78, 5) is 28.3. The molecule has 0 atom stereocenters. The Morgan fingerprint density at radius 2 is 1.88 bits per heavy atom. The third kappa shape index (κ3) is 2.86. The number of aromatic carboxylic acids is 1. The van der Waals surface area contributed by atoms with Gasteiger partial charge in [0.2, 0.25) is 0 Å². The largest absolute Gasteiger partial charge is 0.477 e. The van der Waals surface area contributed by atoms with Crippen LogP contribution in [0.1, 0.15) is 36.3 Å². The SMILES string of the molecule is CCN1CCN(c2cc3c(cc2F)c(=O)cc(C(=O)O)n3C2CC2)CC1. The first-order chi connectivity index (χ1) is 12.5. The molecule has 26 heavy (non-hydrogen) atoms. The van der Waals surface area contributed by atoms with Crippen LogP contribution in [-0.4, -0.2) is 53.3 Å². The molecule has 1 aromatic carbocycles. The van der Waals surface area contributed by atoms with E-state index < -0.39 is 17.2 Å². The molecule has 7 heteroatoms. The highest BCUT2D eigenvalue weighted by molar-refractivity contribution is 5.92. The Morgan fingerprint density at radius 3 is 2.46 bits per heavy atom. The van der Waals surface area contributed by atoms with Crippen molar-refractivity contribution in [3.8, 4) is 0 Å². The second-order valence-electron chi connectivity index (χ2n) is 7.04. The number of rotatable bonds is 4. The fourth-order valence-electron chi connectivity index (χ4n) is 3.79. The third-order valence-corrected chi connectivity index (χ3v) is 5.41. The van der Waals surface area contributed by atoms with E-state index in [9.17, 15) is 19.1 Å². The molecule has 1 aliphatic heterocycles. The number of pyridine rings is 1. The average Bonchev–Trinajstić information content (AvgIpc) is 3.46. The average molecular weight is 359 g/mol. The van der Waals surface area contributed by atoms with Gasteiger partial charge in [-0.05, 0) is 31.5 Å². The molecule has 2 aromatic rings. The van der Waals surface area contributed by atoms with E-state index in [0.29, 0.717) is 24.3 Å². The zero-order chi connectivity index (χ0) is 18.4. The van der Waals surface area contributed by atoms with E-state index in [1.165, 1.54) is 6.07 Å². The van der Waals surface area contributed by atoms with Crippen LogP contribution in [0.4, 0.5) is 10.1 Å². The minimum absolute atomic E-state index is 0.0154. The molecule has 0 unspecified atom stereocenters. The van der Waals surface area contributed by atoms with Crippen LogP contribution in [0.3, 0.4) is 0 Å². The standard InChI is InChI=1S/C19H22FN3O3/c1-2-21-5-7-22(8-6-21)16-10-15-13(9-14(16)20)18(24)11-17(19(25)26)23(15)12-3-4-12/h9-12H,2-8H2,1H3,(H,25,26). The summed E-state index contributed by atoms with van der Waals surface area (Å²) in [6, 6.07) is 4.11. The second kappa shape index (κ2) is 6.39. The molecule has 2 aliphatic rings. The Hall–Kier alpha value is -2.41. The summed E-state index contributed by atoms with van der Waals surface area (Å²) < 4.78 is 16.4. The van der Waals surface area contributed by atoms with Crippen LogP contribution in [0.25, 0.3) is 10.9 Å². The topological polar surface area (TPSA) is 65.8 Å². The highest BCUT2D eigenvalue weighted by Gasteiger charge is 2.30. The van der Waals surface area contributed by atoms with Gasteiger partial charge in [-0.3, -0.25) is 4.79 Å². The van der Waals surface area contributed by atoms with Crippen molar-refractivity contribution < 1.29 is 14.3 Å². The molecule has 1 N–H and O–H groups in total. The maximum atomic E-state index is 14.8. The monoisotopic (exact) mass is 359 g/mol. The van der Waals surface area contributed by atoms with Gasteiger partial charge in [0.1, 0.15) is 11.5 Å². The molecular formula is C19H22FN3O3. The molecule has 1 saturated heterocycles.